The lowest BCUT2D eigenvalue weighted by Crippen LogP contribution is -2.48. The Hall–Kier alpha value is -2.08. The van der Waals surface area contributed by atoms with Crippen molar-refractivity contribution in [1.29, 1.82) is 0 Å². The fourth-order valence-electron chi connectivity index (χ4n) is 3.06. The molecule has 0 bridgehead atoms. The van der Waals surface area contributed by atoms with Crippen LogP contribution in [0.2, 0.25) is 0 Å². The van der Waals surface area contributed by atoms with Gasteiger partial charge in [-0.25, -0.2) is 4.79 Å². The fraction of sp³-hybridized carbons (Fsp3) is 0.474. The Labute approximate surface area is 152 Å². The van der Waals surface area contributed by atoms with Crippen LogP contribution in [0.25, 0.3) is 10.1 Å². The van der Waals surface area contributed by atoms with E-state index in [0.717, 1.165) is 54.8 Å². The molecule has 2 aromatic rings. The van der Waals surface area contributed by atoms with Gasteiger partial charge in [-0.2, -0.15) is 0 Å². The van der Waals surface area contributed by atoms with Crippen LogP contribution in [0.15, 0.2) is 24.3 Å². The first-order chi connectivity index (χ1) is 12.1. The van der Waals surface area contributed by atoms with E-state index in [1.54, 1.807) is 6.92 Å². The van der Waals surface area contributed by atoms with Gasteiger partial charge in [0.2, 0.25) is 5.91 Å². The molecule has 0 N–H and O–H groups in total. The van der Waals surface area contributed by atoms with Gasteiger partial charge in [0.05, 0.1) is 6.61 Å². The van der Waals surface area contributed by atoms with Crippen molar-refractivity contribution in [2.24, 2.45) is 0 Å². The van der Waals surface area contributed by atoms with Crippen LogP contribution in [-0.2, 0) is 9.53 Å². The highest BCUT2D eigenvalue weighted by Gasteiger charge is 2.21. The molecule has 1 aliphatic rings. The van der Waals surface area contributed by atoms with Gasteiger partial charge in [-0.1, -0.05) is 19.4 Å². The van der Waals surface area contributed by atoms with Crippen LogP contribution in [0.3, 0.4) is 0 Å². The Morgan fingerprint density at radius 1 is 1.20 bits per heavy atom. The molecule has 0 aliphatic carbocycles. The van der Waals surface area contributed by atoms with Crippen molar-refractivity contribution >= 4 is 39.0 Å². The molecule has 134 valence electrons. The number of esters is 1. The highest BCUT2D eigenvalue weighted by atomic mass is 32.1. The molecule has 25 heavy (non-hydrogen) atoms. The van der Waals surface area contributed by atoms with Gasteiger partial charge in [0, 0.05) is 48.9 Å². The Balaban J connectivity index is 1.78. The van der Waals surface area contributed by atoms with Crippen LogP contribution in [0.5, 0.6) is 0 Å². The van der Waals surface area contributed by atoms with Gasteiger partial charge in [-0.05, 0) is 24.6 Å². The van der Waals surface area contributed by atoms with E-state index in [1.165, 1.54) is 11.3 Å². The van der Waals surface area contributed by atoms with Gasteiger partial charge < -0.3 is 14.5 Å². The van der Waals surface area contributed by atoms with E-state index in [0.29, 0.717) is 11.5 Å². The maximum absolute atomic E-state index is 12.2. The minimum atomic E-state index is -0.234. The lowest BCUT2D eigenvalue weighted by atomic mass is 10.1. The lowest BCUT2D eigenvalue weighted by molar-refractivity contribution is -0.129. The quantitative estimate of drug-likeness (QED) is 0.605. The summed E-state index contributed by atoms with van der Waals surface area (Å²) in [6.45, 7) is 7.26. The second-order valence-electron chi connectivity index (χ2n) is 6.28. The molecule has 1 aliphatic heterocycles. The molecule has 0 saturated carbocycles. The summed E-state index contributed by atoms with van der Waals surface area (Å²) in [5, 5.41) is 1.09. The van der Waals surface area contributed by atoms with Crippen molar-refractivity contribution in [2.45, 2.75) is 26.7 Å². The summed E-state index contributed by atoms with van der Waals surface area (Å²) in [6.07, 6.45) is 1.90. The highest BCUT2D eigenvalue weighted by molar-refractivity contribution is 7.20. The number of ether oxygens (including phenoxy) is 1. The summed E-state index contributed by atoms with van der Waals surface area (Å²) < 4.78 is 6.43. The number of piperazine rings is 1. The minimum Gasteiger partial charge on any atom is -0.462 e. The number of fused-ring (bicyclic) bond motifs is 1. The SMILES string of the molecule is CCCCOC(=O)c1cc2c(N3CCN(C(C)=O)CC3)cccc2s1. The van der Waals surface area contributed by atoms with E-state index in [9.17, 15) is 9.59 Å². The zero-order chi connectivity index (χ0) is 17.8. The van der Waals surface area contributed by atoms with Crippen LogP contribution < -0.4 is 4.90 Å². The third kappa shape index (κ3) is 3.95. The van der Waals surface area contributed by atoms with Crippen LogP contribution in [0.4, 0.5) is 5.69 Å². The molecular weight excluding hydrogens is 336 g/mol. The molecule has 1 saturated heterocycles. The van der Waals surface area contributed by atoms with Crippen LogP contribution >= 0.6 is 11.3 Å². The number of carbonyl (C=O) groups excluding carboxylic acids is 2. The summed E-state index contributed by atoms with van der Waals surface area (Å²) in [5.41, 5.74) is 1.13. The van der Waals surface area contributed by atoms with E-state index in [2.05, 4.69) is 17.9 Å². The largest absolute Gasteiger partial charge is 0.462 e. The highest BCUT2D eigenvalue weighted by Crippen LogP contribution is 2.34. The number of thiophene rings is 1. The number of anilines is 1. The summed E-state index contributed by atoms with van der Waals surface area (Å²) in [7, 11) is 0. The van der Waals surface area contributed by atoms with E-state index in [1.807, 2.05) is 23.1 Å². The number of unbranched alkanes of at least 4 members (excludes halogenated alkanes) is 1. The van der Waals surface area contributed by atoms with E-state index < -0.39 is 0 Å². The zero-order valence-electron chi connectivity index (χ0n) is 14.8. The number of hydrogen-bond acceptors (Lipinski definition) is 5. The third-order valence-electron chi connectivity index (χ3n) is 4.54. The fourth-order valence-corrected chi connectivity index (χ4v) is 4.04. The lowest BCUT2D eigenvalue weighted by Gasteiger charge is -2.36. The molecule has 0 spiro atoms. The predicted octanol–water partition coefficient (Wildman–Crippen LogP) is 3.53. The second kappa shape index (κ2) is 7.87. The Morgan fingerprint density at radius 3 is 2.64 bits per heavy atom. The smallest absolute Gasteiger partial charge is 0.348 e. The average Bonchev–Trinajstić information content (AvgIpc) is 3.06. The molecule has 1 aromatic heterocycles. The zero-order valence-corrected chi connectivity index (χ0v) is 15.6. The molecule has 6 heteroatoms. The van der Waals surface area contributed by atoms with Crippen molar-refractivity contribution in [3.8, 4) is 0 Å². The van der Waals surface area contributed by atoms with E-state index >= 15 is 0 Å². The third-order valence-corrected chi connectivity index (χ3v) is 5.62. The standard InChI is InChI=1S/C19H24N2O3S/c1-3-4-12-24-19(23)18-13-15-16(6-5-7-17(15)25-18)21-10-8-20(9-11-21)14(2)22/h5-7,13H,3-4,8-12H2,1-2H3. The van der Waals surface area contributed by atoms with Gasteiger partial charge >= 0.3 is 5.97 Å². The first-order valence-corrected chi connectivity index (χ1v) is 9.62. The van der Waals surface area contributed by atoms with Gasteiger partial charge in [0.15, 0.2) is 0 Å². The van der Waals surface area contributed by atoms with E-state index in [-0.39, 0.29) is 11.9 Å². The van der Waals surface area contributed by atoms with Crippen LogP contribution in [-0.4, -0.2) is 49.6 Å². The van der Waals surface area contributed by atoms with Crippen molar-refractivity contribution in [2.75, 3.05) is 37.7 Å². The van der Waals surface area contributed by atoms with Crippen LogP contribution in [0.1, 0.15) is 36.4 Å². The minimum absolute atomic E-state index is 0.130. The molecule has 1 amide bonds. The second-order valence-corrected chi connectivity index (χ2v) is 7.37. The number of rotatable bonds is 5. The number of amides is 1. The molecular formula is C19H24N2O3S. The van der Waals surface area contributed by atoms with Gasteiger partial charge in [-0.15, -0.1) is 11.3 Å². The molecule has 0 unspecified atom stereocenters. The number of hydrogen-bond donors (Lipinski definition) is 0. The Bertz CT molecular complexity index is 763. The topological polar surface area (TPSA) is 49.9 Å². The summed E-state index contributed by atoms with van der Waals surface area (Å²) >= 11 is 1.48. The predicted molar refractivity (Wildman–Crippen MR) is 101 cm³/mol. The molecule has 0 atom stereocenters. The monoisotopic (exact) mass is 360 g/mol. The molecule has 3 rings (SSSR count). The van der Waals surface area contributed by atoms with Crippen molar-refractivity contribution in [1.82, 2.24) is 4.90 Å². The van der Waals surface area contributed by atoms with Gasteiger partial charge in [0.1, 0.15) is 4.88 Å². The maximum Gasteiger partial charge on any atom is 0.348 e. The average molecular weight is 360 g/mol. The van der Waals surface area contributed by atoms with Crippen molar-refractivity contribution in [3.63, 3.8) is 0 Å². The van der Waals surface area contributed by atoms with Crippen molar-refractivity contribution < 1.29 is 14.3 Å². The Morgan fingerprint density at radius 2 is 1.96 bits per heavy atom. The first-order valence-electron chi connectivity index (χ1n) is 8.80. The normalized spacial score (nSPS) is 14.8. The first kappa shape index (κ1) is 17.7. The molecule has 1 fully saturated rings. The number of carbonyl (C=O) groups is 2. The number of benzene rings is 1. The summed E-state index contributed by atoms with van der Waals surface area (Å²) in [5.74, 6) is -0.104. The molecule has 5 nitrogen and oxygen atoms in total. The molecule has 1 aromatic carbocycles. The van der Waals surface area contributed by atoms with Gasteiger partial charge in [0.25, 0.3) is 0 Å². The number of nitrogens with zero attached hydrogens (tertiary/aromatic N) is 2. The van der Waals surface area contributed by atoms with Crippen molar-refractivity contribution in [3.05, 3.63) is 29.1 Å². The Kier molecular flexibility index (Phi) is 5.58. The molecule has 2 heterocycles. The summed E-state index contributed by atoms with van der Waals surface area (Å²) in [4.78, 5) is 28.5. The summed E-state index contributed by atoms with van der Waals surface area (Å²) in [6, 6.07) is 8.10. The molecule has 0 radical (unpaired) electrons. The van der Waals surface area contributed by atoms with Gasteiger partial charge in [-0.3, -0.25) is 4.79 Å². The van der Waals surface area contributed by atoms with E-state index in [4.69, 9.17) is 4.74 Å². The maximum atomic E-state index is 12.2. The van der Waals surface area contributed by atoms with Crippen LogP contribution in [0, 0.1) is 0 Å².